The highest BCUT2D eigenvalue weighted by molar-refractivity contribution is 9.10. The number of ether oxygens (including phenoxy) is 1. The van der Waals surface area contributed by atoms with E-state index in [-0.39, 0.29) is 0 Å². The van der Waals surface area contributed by atoms with Crippen LogP contribution in [0.5, 0.6) is 5.75 Å². The van der Waals surface area contributed by atoms with E-state index in [1.807, 2.05) is 55.5 Å². The van der Waals surface area contributed by atoms with Crippen molar-refractivity contribution in [2.45, 2.75) is 18.9 Å². The number of hydrogen-bond acceptors (Lipinski definition) is 2. The molecule has 0 radical (unpaired) electrons. The predicted octanol–water partition coefficient (Wildman–Crippen LogP) is 3.91. The molecule has 1 unspecified atom stereocenters. The number of rotatable bonds is 4. The van der Waals surface area contributed by atoms with Crippen LogP contribution in [0.4, 0.5) is 0 Å². The van der Waals surface area contributed by atoms with Crippen LogP contribution in [0.15, 0.2) is 53.0 Å². The maximum atomic E-state index is 10.8. The van der Waals surface area contributed by atoms with E-state index < -0.39 is 5.60 Å². The molecule has 3 heteroatoms. The molecule has 0 saturated carbocycles. The van der Waals surface area contributed by atoms with Crippen LogP contribution >= 0.6 is 15.9 Å². The Hall–Kier alpha value is -1.32. The fourth-order valence-electron chi connectivity index (χ4n) is 2.21. The van der Waals surface area contributed by atoms with Crippen molar-refractivity contribution in [1.82, 2.24) is 0 Å². The molecule has 19 heavy (non-hydrogen) atoms. The Labute approximate surface area is 122 Å². The Balaban J connectivity index is 2.34. The predicted molar refractivity (Wildman–Crippen MR) is 80.4 cm³/mol. The summed E-state index contributed by atoms with van der Waals surface area (Å²) in [5.41, 5.74) is 0.918. The van der Waals surface area contributed by atoms with Crippen LogP contribution in [0.25, 0.3) is 0 Å². The van der Waals surface area contributed by atoms with Crippen LogP contribution in [-0.2, 0) is 12.0 Å². The fraction of sp³-hybridized carbons (Fsp3) is 0.250. The SMILES string of the molecule is COc1ccccc1CC(C)(O)c1ccccc1Br. The van der Waals surface area contributed by atoms with E-state index >= 15 is 0 Å². The molecule has 0 saturated heterocycles. The number of aliphatic hydroxyl groups is 1. The van der Waals surface area contributed by atoms with Gasteiger partial charge < -0.3 is 9.84 Å². The molecule has 2 nitrogen and oxygen atoms in total. The molecule has 0 bridgehead atoms. The van der Waals surface area contributed by atoms with E-state index in [4.69, 9.17) is 4.74 Å². The molecule has 2 rings (SSSR count). The monoisotopic (exact) mass is 320 g/mol. The van der Waals surface area contributed by atoms with Crippen LogP contribution in [0.3, 0.4) is 0 Å². The molecule has 1 atom stereocenters. The van der Waals surface area contributed by atoms with Crippen LogP contribution in [-0.4, -0.2) is 12.2 Å². The van der Waals surface area contributed by atoms with E-state index in [9.17, 15) is 5.11 Å². The van der Waals surface area contributed by atoms with Crippen molar-refractivity contribution in [3.8, 4) is 5.75 Å². The van der Waals surface area contributed by atoms with Crippen molar-refractivity contribution >= 4 is 15.9 Å². The van der Waals surface area contributed by atoms with Gasteiger partial charge in [0.1, 0.15) is 5.75 Å². The number of para-hydroxylation sites is 1. The van der Waals surface area contributed by atoms with Gasteiger partial charge in [-0.15, -0.1) is 0 Å². The second-order valence-corrected chi connectivity index (χ2v) is 5.60. The van der Waals surface area contributed by atoms with E-state index in [0.29, 0.717) is 6.42 Å². The summed E-state index contributed by atoms with van der Waals surface area (Å²) < 4.78 is 6.25. The molecule has 0 fully saturated rings. The first-order chi connectivity index (χ1) is 9.04. The maximum absolute atomic E-state index is 10.8. The van der Waals surface area contributed by atoms with Crippen molar-refractivity contribution in [2.24, 2.45) is 0 Å². The summed E-state index contributed by atoms with van der Waals surface area (Å²) in [5.74, 6) is 0.801. The van der Waals surface area contributed by atoms with Crippen LogP contribution in [0.1, 0.15) is 18.1 Å². The van der Waals surface area contributed by atoms with Gasteiger partial charge in [0.25, 0.3) is 0 Å². The standard InChI is InChI=1S/C16H17BrO2/c1-16(18,13-8-4-5-9-14(13)17)11-12-7-3-6-10-15(12)19-2/h3-10,18H,11H2,1-2H3. The largest absolute Gasteiger partial charge is 0.496 e. The Bertz CT molecular complexity index is 564. The van der Waals surface area contributed by atoms with E-state index in [0.717, 1.165) is 21.3 Å². The Kier molecular flexibility index (Phi) is 4.27. The van der Waals surface area contributed by atoms with Crippen LogP contribution in [0, 0.1) is 0 Å². The number of benzene rings is 2. The fourth-order valence-corrected chi connectivity index (χ4v) is 2.92. The second-order valence-electron chi connectivity index (χ2n) is 4.74. The Morgan fingerprint density at radius 2 is 1.74 bits per heavy atom. The molecule has 0 aromatic heterocycles. The summed E-state index contributed by atoms with van der Waals surface area (Å²) in [6, 6.07) is 15.5. The van der Waals surface area contributed by atoms with Gasteiger partial charge in [-0.3, -0.25) is 0 Å². The minimum atomic E-state index is -0.950. The molecular formula is C16H17BrO2. The Morgan fingerprint density at radius 3 is 2.42 bits per heavy atom. The van der Waals surface area contributed by atoms with Crippen molar-refractivity contribution in [3.05, 3.63) is 64.1 Å². The van der Waals surface area contributed by atoms with Gasteiger partial charge >= 0.3 is 0 Å². The third-order valence-corrected chi connectivity index (χ3v) is 3.87. The lowest BCUT2D eigenvalue weighted by Gasteiger charge is -2.26. The summed E-state index contributed by atoms with van der Waals surface area (Å²) in [4.78, 5) is 0. The molecule has 0 spiro atoms. The Morgan fingerprint density at radius 1 is 1.11 bits per heavy atom. The lowest BCUT2D eigenvalue weighted by Crippen LogP contribution is -2.25. The van der Waals surface area contributed by atoms with Gasteiger partial charge in [0.05, 0.1) is 12.7 Å². The number of methoxy groups -OCH3 is 1. The first-order valence-corrected chi connectivity index (χ1v) is 6.93. The molecule has 2 aromatic rings. The minimum Gasteiger partial charge on any atom is -0.496 e. The average Bonchev–Trinajstić information content (AvgIpc) is 2.39. The van der Waals surface area contributed by atoms with Gasteiger partial charge in [-0.25, -0.2) is 0 Å². The zero-order chi connectivity index (χ0) is 13.9. The van der Waals surface area contributed by atoms with Gasteiger partial charge in [0.15, 0.2) is 0 Å². The van der Waals surface area contributed by atoms with E-state index in [2.05, 4.69) is 15.9 Å². The second kappa shape index (κ2) is 5.76. The van der Waals surface area contributed by atoms with Crippen molar-refractivity contribution in [3.63, 3.8) is 0 Å². The number of halogens is 1. The molecule has 0 aliphatic rings. The maximum Gasteiger partial charge on any atom is 0.122 e. The van der Waals surface area contributed by atoms with E-state index in [1.54, 1.807) is 7.11 Å². The van der Waals surface area contributed by atoms with E-state index in [1.165, 1.54) is 0 Å². The molecule has 0 aliphatic carbocycles. The summed E-state index contributed by atoms with van der Waals surface area (Å²) >= 11 is 3.49. The topological polar surface area (TPSA) is 29.5 Å². The quantitative estimate of drug-likeness (QED) is 0.925. The summed E-state index contributed by atoms with van der Waals surface area (Å²) in [7, 11) is 1.64. The van der Waals surface area contributed by atoms with Gasteiger partial charge in [-0.2, -0.15) is 0 Å². The first-order valence-electron chi connectivity index (χ1n) is 6.14. The minimum absolute atomic E-state index is 0.500. The van der Waals surface area contributed by atoms with Gasteiger partial charge in [-0.1, -0.05) is 52.3 Å². The van der Waals surface area contributed by atoms with Gasteiger partial charge in [-0.05, 0) is 30.2 Å². The highest BCUT2D eigenvalue weighted by Crippen LogP contribution is 2.33. The lowest BCUT2D eigenvalue weighted by atomic mass is 9.89. The van der Waals surface area contributed by atoms with Crippen molar-refractivity contribution in [2.75, 3.05) is 7.11 Å². The highest BCUT2D eigenvalue weighted by atomic mass is 79.9. The molecule has 2 aromatic carbocycles. The third kappa shape index (κ3) is 3.17. The van der Waals surface area contributed by atoms with Crippen LogP contribution in [0.2, 0.25) is 0 Å². The molecule has 100 valence electrons. The van der Waals surface area contributed by atoms with Gasteiger partial charge in [0.2, 0.25) is 0 Å². The molecule has 0 aliphatic heterocycles. The van der Waals surface area contributed by atoms with Crippen LogP contribution < -0.4 is 4.74 Å². The first kappa shape index (κ1) is 14.1. The molecule has 1 N–H and O–H groups in total. The van der Waals surface area contributed by atoms with Crippen molar-refractivity contribution in [1.29, 1.82) is 0 Å². The third-order valence-electron chi connectivity index (χ3n) is 3.18. The average molecular weight is 321 g/mol. The lowest BCUT2D eigenvalue weighted by molar-refractivity contribution is 0.0562. The smallest absolute Gasteiger partial charge is 0.122 e. The summed E-state index contributed by atoms with van der Waals surface area (Å²) in [6.45, 7) is 1.82. The molecule has 0 amide bonds. The zero-order valence-electron chi connectivity index (χ0n) is 11.1. The molecule has 0 heterocycles. The van der Waals surface area contributed by atoms with Gasteiger partial charge in [0, 0.05) is 10.9 Å². The molecular weight excluding hydrogens is 304 g/mol. The zero-order valence-corrected chi connectivity index (χ0v) is 12.6. The number of hydrogen-bond donors (Lipinski definition) is 1. The van der Waals surface area contributed by atoms with Crippen molar-refractivity contribution < 1.29 is 9.84 Å². The summed E-state index contributed by atoms with van der Waals surface area (Å²) in [6.07, 6.45) is 0.500. The summed E-state index contributed by atoms with van der Waals surface area (Å²) in [5, 5.41) is 10.8. The normalized spacial score (nSPS) is 13.9. The highest BCUT2D eigenvalue weighted by Gasteiger charge is 2.26.